The van der Waals surface area contributed by atoms with Gasteiger partial charge in [0, 0.05) is 18.8 Å². The summed E-state index contributed by atoms with van der Waals surface area (Å²) < 4.78 is 41.8. The van der Waals surface area contributed by atoms with Gasteiger partial charge in [-0.2, -0.15) is 18.3 Å². The van der Waals surface area contributed by atoms with E-state index < -0.39 is 12.8 Å². The van der Waals surface area contributed by atoms with Crippen molar-refractivity contribution in [2.24, 2.45) is 0 Å². The van der Waals surface area contributed by atoms with E-state index in [4.69, 9.17) is 0 Å². The number of aromatic nitrogens is 2. The molecule has 0 aliphatic rings. The van der Waals surface area contributed by atoms with Gasteiger partial charge < -0.3 is 10.1 Å². The average Bonchev–Trinajstić information content (AvgIpc) is 2.64. The second kappa shape index (κ2) is 8.26. The topological polar surface area (TPSA) is 39.1 Å². The molecule has 7 heteroatoms. The van der Waals surface area contributed by atoms with Crippen molar-refractivity contribution in [3.05, 3.63) is 17.5 Å². The Morgan fingerprint density at radius 1 is 1.25 bits per heavy atom. The number of nitrogens with zero attached hydrogens (tertiary/aromatic N) is 2. The van der Waals surface area contributed by atoms with E-state index in [-0.39, 0.29) is 6.61 Å². The first-order valence-corrected chi connectivity index (χ1v) is 6.75. The lowest BCUT2D eigenvalue weighted by Gasteiger charge is -2.08. The molecule has 0 atom stereocenters. The van der Waals surface area contributed by atoms with Gasteiger partial charge in [0.25, 0.3) is 0 Å². The molecule has 0 spiro atoms. The zero-order valence-corrected chi connectivity index (χ0v) is 12.0. The van der Waals surface area contributed by atoms with E-state index in [2.05, 4.69) is 15.2 Å². The van der Waals surface area contributed by atoms with Gasteiger partial charge in [0.2, 0.25) is 0 Å². The highest BCUT2D eigenvalue weighted by Crippen LogP contribution is 2.14. The first-order valence-electron chi connectivity index (χ1n) is 6.75. The number of nitrogens with one attached hydrogen (secondary N) is 1. The largest absolute Gasteiger partial charge is 0.411 e. The molecule has 1 aromatic rings. The lowest BCUT2D eigenvalue weighted by atomic mass is 10.3. The molecule has 0 unspecified atom stereocenters. The molecule has 0 bridgehead atoms. The molecular formula is C13H22F3N3O. The summed E-state index contributed by atoms with van der Waals surface area (Å²) in [5.74, 6) is 0. The van der Waals surface area contributed by atoms with Gasteiger partial charge in [0.15, 0.2) is 0 Å². The molecule has 0 saturated heterocycles. The predicted molar refractivity (Wildman–Crippen MR) is 70.7 cm³/mol. The molecular weight excluding hydrogens is 271 g/mol. The van der Waals surface area contributed by atoms with Crippen molar-refractivity contribution in [1.29, 1.82) is 0 Å². The molecule has 0 fully saturated rings. The van der Waals surface area contributed by atoms with E-state index >= 15 is 0 Å². The maximum atomic E-state index is 11.8. The molecule has 1 N–H and O–H groups in total. The zero-order chi connectivity index (χ0) is 15.0. The number of aryl methyl sites for hydroxylation is 3. The quantitative estimate of drug-likeness (QED) is 0.711. The molecule has 0 radical (unpaired) electrons. The number of hydrogen-bond donors (Lipinski definition) is 1. The van der Waals surface area contributed by atoms with Crippen LogP contribution in [0, 0.1) is 13.8 Å². The summed E-state index contributed by atoms with van der Waals surface area (Å²) in [4.78, 5) is 0. The Balaban J connectivity index is 1.94. The highest BCUT2D eigenvalue weighted by atomic mass is 19.4. The molecule has 0 saturated carbocycles. The van der Waals surface area contributed by atoms with E-state index in [0.29, 0.717) is 13.0 Å². The Bertz CT molecular complexity index is 391. The standard InChI is InChI=1S/C13H22F3N3O/c1-11-9-12(2)19(18-11)7-3-5-17-6-4-8-20-10-13(14,15)16/h9,17H,3-8,10H2,1-2H3. The summed E-state index contributed by atoms with van der Waals surface area (Å²) in [6.07, 6.45) is -2.71. The van der Waals surface area contributed by atoms with Crippen molar-refractivity contribution in [2.75, 3.05) is 26.3 Å². The molecule has 0 aliphatic carbocycles. The summed E-state index contributed by atoms with van der Waals surface area (Å²) in [7, 11) is 0. The van der Waals surface area contributed by atoms with Crippen molar-refractivity contribution in [3.63, 3.8) is 0 Å². The first-order chi connectivity index (χ1) is 9.38. The number of alkyl halides is 3. The summed E-state index contributed by atoms with van der Waals surface area (Å²) in [6, 6.07) is 2.03. The minimum Gasteiger partial charge on any atom is -0.372 e. The normalized spacial score (nSPS) is 12.1. The van der Waals surface area contributed by atoms with Crippen LogP contribution in [0.5, 0.6) is 0 Å². The van der Waals surface area contributed by atoms with Crippen LogP contribution < -0.4 is 5.32 Å². The van der Waals surface area contributed by atoms with Crippen LogP contribution in [0.2, 0.25) is 0 Å². The minimum atomic E-state index is -4.23. The van der Waals surface area contributed by atoms with E-state index in [1.54, 1.807) is 0 Å². The number of hydrogen-bond acceptors (Lipinski definition) is 3. The third-order valence-electron chi connectivity index (χ3n) is 2.73. The lowest BCUT2D eigenvalue weighted by Crippen LogP contribution is -2.22. The third-order valence-corrected chi connectivity index (χ3v) is 2.73. The SMILES string of the molecule is Cc1cc(C)n(CCCNCCCOCC(F)(F)F)n1. The third kappa shape index (κ3) is 7.49. The molecule has 0 aromatic carbocycles. The van der Waals surface area contributed by atoms with Crippen LogP contribution in [-0.2, 0) is 11.3 Å². The molecule has 1 aromatic heterocycles. The van der Waals surface area contributed by atoms with E-state index in [1.807, 2.05) is 24.6 Å². The monoisotopic (exact) mass is 293 g/mol. The summed E-state index contributed by atoms with van der Waals surface area (Å²) in [5, 5.41) is 7.53. The maximum Gasteiger partial charge on any atom is 0.411 e. The van der Waals surface area contributed by atoms with Crippen molar-refractivity contribution in [2.45, 2.75) is 39.4 Å². The highest BCUT2D eigenvalue weighted by molar-refractivity contribution is 5.06. The Morgan fingerprint density at radius 3 is 2.55 bits per heavy atom. The second-order valence-corrected chi connectivity index (χ2v) is 4.78. The van der Waals surface area contributed by atoms with Crippen LogP contribution in [0.15, 0.2) is 6.07 Å². The number of rotatable bonds is 9. The van der Waals surface area contributed by atoms with Gasteiger partial charge in [0.1, 0.15) is 6.61 Å². The average molecular weight is 293 g/mol. The van der Waals surface area contributed by atoms with Gasteiger partial charge in [-0.15, -0.1) is 0 Å². The van der Waals surface area contributed by atoms with Gasteiger partial charge in [-0.3, -0.25) is 4.68 Å². The van der Waals surface area contributed by atoms with E-state index in [0.717, 1.165) is 30.9 Å². The molecule has 1 rings (SSSR count). The molecule has 0 amide bonds. The molecule has 116 valence electrons. The highest BCUT2D eigenvalue weighted by Gasteiger charge is 2.27. The molecule has 1 heterocycles. The maximum absolute atomic E-state index is 11.8. The van der Waals surface area contributed by atoms with Crippen LogP contribution >= 0.6 is 0 Å². The first kappa shape index (κ1) is 17.0. The van der Waals surface area contributed by atoms with Crippen molar-refractivity contribution >= 4 is 0 Å². The fourth-order valence-electron chi connectivity index (χ4n) is 1.87. The van der Waals surface area contributed by atoms with Gasteiger partial charge in [-0.1, -0.05) is 0 Å². The van der Waals surface area contributed by atoms with Crippen molar-refractivity contribution < 1.29 is 17.9 Å². The summed E-state index contributed by atoms with van der Waals surface area (Å²) in [5.41, 5.74) is 2.15. The predicted octanol–water partition coefficient (Wildman–Crippen LogP) is 2.45. The number of ether oxygens (including phenoxy) is 1. The fraction of sp³-hybridized carbons (Fsp3) is 0.769. The summed E-state index contributed by atoms with van der Waals surface area (Å²) >= 11 is 0. The van der Waals surface area contributed by atoms with Crippen LogP contribution in [0.3, 0.4) is 0 Å². The van der Waals surface area contributed by atoms with Crippen LogP contribution in [0.25, 0.3) is 0 Å². The minimum absolute atomic E-state index is 0.129. The van der Waals surface area contributed by atoms with Gasteiger partial charge >= 0.3 is 6.18 Å². The fourth-order valence-corrected chi connectivity index (χ4v) is 1.87. The van der Waals surface area contributed by atoms with Gasteiger partial charge in [-0.05, 0) is 45.8 Å². The van der Waals surface area contributed by atoms with E-state index in [1.165, 1.54) is 0 Å². The molecule has 0 aliphatic heterocycles. The number of halogens is 3. The van der Waals surface area contributed by atoms with Gasteiger partial charge in [-0.25, -0.2) is 0 Å². The molecule has 20 heavy (non-hydrogen) atoms. The lowest BCUT2D eigenvalue weighted by molar-refractivity contribution is -0.173. The van der Waals surface area contributed by atoms with Crippen LogP contribution in [0.4, 0.5) is 13.2 Å². The Hall–Kier alpha value is -1.08. The summed E-state index contributed by atoms with van der Waals surface area (Å²) in [6.45, 7) is 5.27. The zero-order valence-electron chi connectivity index (χ0n) is 12.0. The second-order valence-electron chi connectivity index (χ2n) is 4.78. The van der Waals surface area contributed by atoms with Crippen LogP contribution in [-0.4, -0.2) is 42.3 Å². The Morgan fingerprint density at radius 2 is 1.95 bits per heavy atom. The molecule has 4 nitrogen and oxygen atoms in total. The Kier molecular flexibility index (Phi) is 7.01. The van der Waals surface area contributed by atoms with Crippen molar-refractivity contribution in [1.82, 2.24) is 15.1 Å². The Labute approximate surface area is 117 Å². The van der Waals surface area contributed by atoms with E-state index in [9.17, 15) is 13.2 Å². The smallest absolute Gasteiger partial charge is 0.372 e. The van der Waals surface area contributed by atoms with Gasteiger partial charge in [0.05, 0.1) is 5.69 Å². The van der Waals surface area contributed by atoms with Crippen molar-refractivity contribution in [3.8, 4) is 0 Å². The van der Waals surface area contributed by atoms with Crippen LogP contribution in [0.1, 0.15) is 24.2 Å².